The van der Waals surface area contributed by atoms with E-state index in [0.29, 0.717) is 13.1 Å². The molecule has 0 spiro atoms. The molecule has 1 unspecified atom stereocenters. The van der Waals surface area contributed by atoms with Gasteiger partial charge in [0, 0.05) is 19.0 Å². The molecule has 21 heavy (non-hydrogen) atoms. The third-order valence-corrected chi connectivity index (χ3v) is 3.60. The Morgan fingerprint density at radius 3 is 1.86 bits per heavy atom. The van der Waals surface area contributed by atoms with Gasteiger partial charge in [0.15, 0.2) is 0 Å². The Morgan fingerprint density at radius 1 is 0.952 bits per heavy atom. The van der Waals surface area contributed by atoms with Crippen molar-refractivity contribution in [2.75, 3.05) is 19.7 Å². The minimum absolute atomic E-state index is 0.224. The average Bonchev–Trinajstić information content (AvgIpc) is 2.53. The number of rotatable bonds is 7. The summed E-state index contributed by atoms with van der Waals surface area (Å²) in [5.74, 6) is 0.224. The van der Waals surface area contributed by atoms with E-state index < -0.39 is 5.60 Å². The number of nitrogens with one attached hydrogen (secondary N) is 1. The number of hydrogen-bond acceptors (Lipinski definition) is 3. The molecule has 2 rings (SSSR count). The van der Waals surface area contributed by atoms with E-state index in [9.17, 15) is 5.11 Å². The van der Waals surface area contributed by atoms with Gasteiger partial charge in [0.25, 0.3) is 0 Å². The predicted octanol–water partition coefficient (Wildman–Crippen LogP) is 2.15. The molecule has 3 heteroatoms. The summed E-state index contributed by atoms with van der Waals surface area (Å²) in [6.07, 6.45) is 0. The van der Waals surface area contributed by atoms with Crippen molar-refractivity contribution in [1.82, 2.24) is 5.32 Å². The van der Waals surface area contributed by atoms with Crippen LogP contribution in [0.1, 0.15) is 24.0 Å². The molecule has 0 saturated carbocycles. The average molecular weight is 285 g/mol. The molecule has 1 atom stereocenters. The second-order valence-corrected chi connectivity index (χ2v) is 5.66. The topological polar surface area (TPSA) is 52.5 Å². The van der Waals surface area contributed by atoms with Crippen LogP contribution in [0.4, 0.5) is 0 Å². The summed E-state index contributed by atoms with van der Waals surface area (Å²) in [7, 11) is 0. The Hall–Kier alpha value is -1.68. The van der Waals surface area contributed by atoms with Crippen molar-refractivity contribution in [2.24, 2.45) is 0 Å². The molecule has 0 aliphatic carbocycles. The third kappa shape index (κ3) is 4.67. The number of hydrogen-bond donors (Lipinski definition) is 3. The van der Waals surface area contributed by atoms with Gasteiger partial charge in [0.1, 0.15) is 0 Å². The highest BCUT2D eigenvalue weighted by atomic mass is 16.3. The Kier molecular flexibility index (Phi) is 5.51. The fourth-order valence-electron chi connectivity index (χ4n) is 2.34. The Morgan fingerprint density at radius 2 is 1.43 bits per heavy atom. The summed E-state index contributed by atoms with van der Waals surface area (Å²) < 4.78 is 0. The van der Waals surface area contributed by atoms with E-state index >= 15 is 0 Å². The molecular weight excluding hydrogens is 262 g/mol. The highest BCUT2D eigenvalue weighted by Crippen LogP contribution is 2.23. The lowest BCUT2D eigenvalue weighted by Crippen LogP contribution is -2.42. The lowest BCUT2D eigenvalue weighted by atomic mass is 9.91. The van der Waals surface area contributed by atoms with Gasteiger partial charge in [-0.2, -0.15) is 0 Å². The van der Waals surface area contributed by atoms with Gasteiger partial charge in [-0.3, -0.25) is 0 Å². The summed E-state index contributed by atoms with van der Waals surface area (Å²) in [6.45, 7) is 2.45. The first-order valence-electron chi connectivity index (χ1n) is 7.26. The Labute approximate surface area is 126 Å². The van der Waals surface area contributed by atoms with Crippen molar-refractivity contribution in [3.8, 4) is 0 Å². The van der Waals surface area contributed by atoms with E-state index in [4.69, 9.17) is 5.11 Å². The maximum atomic E-state index is 9.86. The zero-order valence-electron chi connectivity index (χ0n) is 12.4. The van der Waals surface area contributed by atoms with Crippen molar-refractivity contribution in [1.29, 1.82) is 0 Å². The van der Waals surface area contributed by atoms with E-state index in [2.05, 4.69) is 29.6 Å². The fourth-order valence-corrected chi connectivity index (χ4v) is 2.34. The molecule has 0 aromatic heterocycles. The molecule has 0 bridgehead atoms. The summed E-state index contributed by atoms with van der Waals surface area (Å²) in [6, 6.07) is 20.6. The van der Waals surface area contributed by atoms with Gasteiger partial charge in [-0.15, -0.1) is 0 Å². The van der Waals surface area contributed by atoms with Crippen LogP contribution in [0.3, 0.4) is 0 Å². The van der Waals surface area contributed by atoms with Crippen LogP contribution in [0.5, 0.6) is 0 Å². The van der Waals surface area contributed by atoms with Crippen molar-refractivity contribution in [3.05, 3.63) is 71.8 Å². The molecule has 2 aromatic carbocycles. The summed E-state index contributed by atoms with van der Waals surface area (Å²) in [5.41, 5.74) is 1.39. The van der Waals surface area contributed by atoms with E-state index in [-0.39, 0.29) is 12.5 Å². The van der Waals surface area contributed by atoms with Crippen molar-refractivity contribution in [3.63, 3.8) is 0 Å². The van der Waals surface area contributed by atoms with Gasteiger partial charge >= 0.3 is 0 Å². The first-order valence-corrected chi connectivity index (χ1v) is 7.26. The van der Waals surface area contributed by atoms with E-state index in [1.165, 1.54) is 11.1 Å². The van der Waals surface area contributed by atoms with Crippen LogP contribution in [0.15, 0.2) is 60.7 Å². The molecule has 0 saturated heterocycles. The lowest BCUT2D eigenvalue weighted by molar-refractivity contribution is 0.00280. The maximum absolute atomic E-state index is 9.86. The first-order chi connectivity index (χ1) is 10.1. The third-order valence-electron chi connectivity index (χ3n) is 3.60. The number of aliphatic hydroxyl groups is 2. The second-order valence-electron chi connectivity index (χ2n) is 5.66. The van der Waals surface area contributed by atoms with Crippen LogP contribution < -0.4 is 5.32 Å². The largest absolute Gasteiger partial charge is 0.393 e. The number of aliphatic hydroxyl groups excluding tert-OH is 1. The minimum atomic E-state index is -1.09. The lowest BCUT2D eigenvalue weighted by Gasteiger charge is -2.24. The molecule has 3 N–H and O–H groups in total. The van der Waals surface area contributed by atoms with Crippen LogP contribution >= 0.6 is 0 Å². The summed E-state index contributed by atoms with van der Waals surface area (Å²) >= 11 is 0. The Balaban J connectivity index is 2.11. The molecule has 0 aliphatic heterocycles. The van der Waals surface area contributed by atoms with Crippen LogP contribution in [0, 0.1) is 0 Å². The molecule has 112 valence electrons. The molecular formula is C18H23NO2. The highest BCUT2D eigenvalue weighted by molar-refractivity contribution is 5.32. The normalized spacial score (nSPS) is 14.1. The molecule has 0 amide bonds. The summed E-state index contributed by atoms with van der Waals surface area (Å²) in [5, 5.41) is 22.2. The molecule has 0 heterocycles. The van der Waals surface area contributed by atoms with Gasteiger partial charge < -0.3 is 15.5 Å². The van der Waals surface area contributed by atoms with Crippen LogP contribution in [0.25, 0.3) is 0 Å². The van der Waals surface area contributed by atoms with Gasteiger partial charge in [-0.05, 0) is 18.1 Å². The van der Waals surface area contributed by atoms with Gasteiger partial charge in [0.05, 0.1) is 12.2 Å². The predicted molar refractivity (Wildman–Crippen MR) is 85.3 cm³/mol. The smallest absolute Gasteiger partial charge is 0.0972 e. The van der Waals surface area contributed by atoms with Crippen LogP contribution in [-0.2, 0) is 0 Å². The maximum Gasteiger partial charge on any atom is 0.0972 e. The monoisotopic (exact) mass is 285 g/mol. The van der Waals surface area contributed by atoms with Gasteiger partial charge in [0.2, 0.25) is 0 Å². The van der Waals surface area contributed by atoms with Gasteiger partial charge in [-0.25, -0.2) is 0 Å². The molecule has 3 nitrogen and oxygen atoms in total. The molecule has 2 aromatic rings. The minimum Gasteiger partial charge on any atom is -0.393 e. The van der Waals surface area contributed by atoms with Crippen LogP contribution in [-0.4, -0.2) is 35.5 Å². The standard InChI is InChI=1S/C18H23NO2/c1-18(21,14-20)13-19-12-17(15-8-4-2-5-9-15)16-10-6-3-7-11-16/h2-11,17,19-21H,12-14H2,1H3. The quantitative estimate of drug-likeness (QED) is 0.730. The van der Waals surface area contributed by atoms with Crippen molar-refractivity contribution in [2.45, 2.75) is 18.4 Å². The second kappa shape index (κ2) is 7.36. The summed E-state index contributed by atoms with van der Waals surface area (Å²) in [4.78, 5) is 0. The zero-order chi connectivity index (χ0) is 15.1. The number of benzene rings is 2. The molecule has 0 fully saturated rings. The first kappa shape index (κ1) is 15.7. The molecule has 0 aliphatic rings. The van der Waals surface area contributed by atoms with Crippen LogP contribution in [0.2, 0.25) is 0 Å². The molecule has 0 radical (unpaired) electrons. The Bertz CT molecular complexity index is 486. The fraction of sp³-hybridized carbons (Fsp3) is 0.333. The van der Waals surface area contributed by atoms with Gasteiger partial charge in [-0.1, -0.05) is 60.7 Å². The van der Waals surface area contributed by atoms with Crippen molar-refractivity contribution >= 4 is 0 Å². The zero-order valence-corrected chi connectivity index (χ0v) is 12.4. The SMILES string of the molecule is CC(O)(CO)CNCC(c1ccccc1)c1ccccc1. The van der Waals surface area contributed by atoms with Crippen molar-refractivity contribution < 1.29 is 10.2 Å². The van der Waals surface area contributed by atoms with E-state index in [1.807, 2.05) is 36.4 Å². The highest BCUT2D eigenvalue weighted by Gasteiger charge is 2.20. The van der Waals surface area contributed by atoms with E-state index in [0.717, 1.165) is 0 Å². The van der Waals surface area contributed by atoms with E-state index in [1.54, 1.807) is 6.92 Å².